The third-order valence-corrected chi connectivity index (χ3v) is 3.63. The smallest absolute Gasteiger partial charge is 0.241 e. The molecule has 2 atom stereocenters. The second kappa shape index (κ2) is 6.20. The fourth-order valence-electron chi connectivity index (χ4n) is 2.31. The Morgan fingerprint density at radius 2 is 1.89 bits per heavy atom. The van der Waals surface area contributed by atoms with Gasteiger partial charge < -0.3 is 10.6 Å². The van der Waals surface area contributed by atoms with Crippen LogP contribution >= 0.6 is 0 Å². The van der Waals surface area contributed by atoms with Crippen molar-refractivity contribution >= 4 is 11.6 Å². The zero-order valence-corrected chi connectivity index (χ0v) is 12.1. The maximum atomic E-state index is 12.1. The van der Waals surface area contributed by atoms with Crippen LogP contribution in [0, 0.1) is 12.8 Å². The summed E-state index contributed by atoms with van der Waals surface area (Å²) < 4.78 is 0. The van der Waals surface area contributed by atoms with Crippen molar-refractivity contribution < 1.29 is 4.79 Å². The molecule has 1 aliphatic carbocycles. The van der Waals surface area contributed by atoms with E-state index in [-0.39, 0.29) is 11.9 Å². The van der Waals surface area contributed by atoms with Gasteiger partial charge >= 0.3 is 0 Å². The van der Waals surface area contributed by atoms with E-state index in [1.165, 1.54) is 24.8 Å². The molecule has 0 aromatic heterocycles. The molecule has 1 aliphatic rings. The highest BCUT2D eigenvalue weighted by Gasteiger charge is 2.25. The largest absolute Gasteiger partial charge is 0.325 e. The van der Waals surface area contributed by atoms with Gasteiger partial charge in [-0.25, -0.2) is 0 Å². The highest BCUT2D eigenvalue weighted by Crippen LogP contribution is 2.33. The summed E-state index contributed by atoms with van der Waals surface area (Å²) in [4.78, 5) is 12.1. The summed E-state index contributed by atoms with van der Waals surface area (Å²) in [7, 11) is 0. The summed E-state index contributed by atoms with van der Waals surface area (Å²) in [5.74, 6) is 0.918. The molecule has 0 heterocycles. The first-order valence-corrected chi connectivity index (χ1v) is 7.18. The summed E-state index contributed by atoms with van der Waals surface area (Å²) in [5, 5.41) is 6.31. The van der Waals surface area contributed by atoms with Crippen LogP contribution in [0.1, 0.15) is 38.7 Å². The lowest BCUT2D eigenvalue weighted by Crippen LogP contribution is -2.42. The second-order valence-corrected chi connectivity index (χ2v) is 5.82. The first-order valence-electron chi connectivity index (χ1n) is 7.18. The minimum atomic E-state index is -0.157. The van der Waals surface area contributed by atoms with Gasteiger partial charge in [-0.15, -0.1) is 0 Å². The molecule has 1 aromatic rings. The Morgan fingerprint density at radius 1 is 1.26 bits per heavy atom. The van der Waals surface area contributed by atoms with Crippen molar-refractivity contribution in [2.45, 2.75) is 52.1 Å². The van der Waals surface area contributed by atoms with E-state index in [0.29, 0.717) is 6.04 Å². The van der Waals surface area contributed by atoms with E-state index in [1.807, 2.05) is 38.1 Å². The number of amides is 1. The Hall–Kier alpha value is -1.35. The van der Waals surface area contributed by atoms with Crippen LogP contribution in [0.4, 0.5) is 5.69 Å². The Morgan fingerprint density at radius 3 is 2.47 bits per heavy atom. The van der Waals surface area contributed by atoms with Gasteiger partial charge in [-0.05, 0) is 45.2 Å². The van der Waals surface area contributed by atoms with Crippen LogP contribution in [0.3, 0.4) is 0 Å². The van der Waals surface area contributed by atoms with Crippen molar-refractivity contribution in [2.75, 3.05) is 5.32 Å². The molecule has 0 bridgehead atoms. The summed E-state index contributed by atoms with van der Waals surface area (Å²) in [6.45, 7) is 6.12. The Bertz CT molecular complexity index is 423. The van der Waals surface area contributed by atoms with E-state index in [2.05, 4.69) is 17.6 Å². The number of hydrogen-bond donors (Lipinski definition) is 2. The third kappa shape index (κ3) is 4.67. The third-order valence-electron chi connectivity index (χ3n) is 3.63. The van der Waals surface area contributed by atoms with Crippen molar-refractivity contribution in [3.05, 3.63) is 29.8 Å². The SMILES string of the molecule is Cc1ccc(NC(=O)C(C)NC(C)CC2CC2)cc1. The van der Waals surface area contributed by atoms with E-state index >= 15 is 0 Å². The average Bonchev–Trinajstić information content (AvgIpc) is 3.15. The molecular weight excluding hydrogens is 236 g/mol. The number of anilines is 1. The molecule has 2 rings (SSSR count). The molecule has 0 spiro atoms. The van der Waals surface area contributed by atoms with E-state index in [9.17, 15) is 4.79 Å². The molecule has 19 heavy (non-hydrogen) atoms. The molecular formula is C16H24N2O. The molecule has 0 saturated heterocycles. The number of carbonyl (C=O) groups excluding carboxylic acids is 1. The molecule has 2 unspecified atom stereocenters. The number of aryl methyl sites for hydroxylation is 1. The van der Waals surface area contributed by atoms with Crippen LogP contribution in [-0.2, 0) is 4.79 Å². The molecule has 1 saturated carbocycles. The van der Waals surface area contributed by atoms with Gasteiger partial charge in [0.15, 0.2) is 0 Å². The lowest BCUT2D eigenvalue weighted by molar-refractivity contribution is -0.117. The average molecular weight is 260 g/mol. The lowest BCUT2D eigenvalue weighted by Gasteiger charge is -2.19. The van der Waals surface area contributed by atoms with Gasteiger partial charge in [0.25, 0.3) is 0 Å². The molecule has 3 heteroatoms. The van der Waals surface area contributed by atoms with Crippen molar-refractivity contribution in [3.63, 3.8) is 0 Å². The van der Waals surface area contributed by atoms with E-state index in [0.717, 1.165) is 11.6 Å². The second-order valence-electron chi connectivity index (χ2n) is 5.82. The van der Waals surface area contributed by atoms with Gasteiger partial charge in [-0.1, -0.05) is 30.5 Å². The highest BCUT2D eigenvalue weighted by molar-refractivity contribution is 5.94. The van der Waals surface area contributed by atoms with Gasteiger partial charge in [0.1, 0.15) is 0 Å². The predicted molar refractivity (Wildman–Crippen MR) is 79.2 cm³/mol. The first kappa shape index (κ1) is 14.1. The van der Waals surface area contributed by atoms with Gasteiger partial charge in [0.2, 0.25) is 5.91 Å². The molecule has 0 aliphatic heterocycles. The van der Waals surface area contributed by atoms with Crippen LogP contribution in [0.2, 0.25) is 0 Å². The van der Waals surface area contributed by atoms with Gasteiger partial charge in [0, 0.05) is 11.7 Å². The van der Waals surface area contributed by atoms with Crippen LogP contribution < -0.4 is 10.6 Å². The quantitative estimate of drug-likeness (QED) is 0.825. The number of hydrogen-bond acceptors (Lipinski definition) is 2. The minimum absolute atomic E-state index is 0.0338. The summed E-state index contributed by atoms with van der Waals surface area (Å²) in [6, 6.07) is 8.13. The standard InChI is InChI=1S/C16H24N2O/c1-11-4-8-15(9-5-11)18-16(19)13(3)17-12(2)10-14-6-7-14/h4-5,8-9,12-14,17H,6-7,10H2,1-3H3,(H,18,19). The fraction of sp³-hybridized carbons (Fsp3) is 0.562. The Balaban J connectivity index is 1.79. The van der Waals surface area contributed by atoms with Gasteiger partial charge in [-0.2, -0.15) is 0 Å². The summed E-state index contributed by atoms with van der Waals surface area (Å²) in [6.07, 6.45) is 3.90. The zero-order valence-electron chi connectivity index (χ0n) is 12.1. The van der Waals surface area contributed by atoms with E-state index in [4.69, 9.17) is 0 Å². The number of carbonyl (C=O) groups is 1. The van der Waals surface area contributed by atoms with Crippen LogP contribution in [0.15, 0.2) is 24.3 Å². The van der Waals surface area contributed by atoms with Crippen molar-refractivity contribution in [1.29, 1.82) is 0 Å². The van der Waals surface area contributed by atoms with Gasteiger partial charge in [0.05, 0.1) is 6.04 Å². The number of nitrogens with one attached hydrogen (secondary N) is 2. The maximum Gasteiger partial charge on any atom is 0.241 e. The Kier molecular flexibility index (Phi) is 4.59. The molecule has 3 nitrogen and oxygen atoms in total. The van der Waals surface area contributed by atoms with Crippen molar-refractivity contribution in [3.8, 4) is 0 Å². The topological polar surface area (TPSA) is 41.1 Å². The van der Waals surface area contributed by atoms with Crippen molar-refractivity contribution in [1.82, 2.24) is 5.32 Å². The molecule has 1 amide bonds. The number of rotatable bonds is 6. The van der Waals surface area contributed by atoms with Crippen LogP contribution in [0.5, 0.6) is 0 Å². The number of benzene rings is 1. The fourth-order valence-corrected chi connectivity index (χ4v) is 2.31. The predicted octanol–water partition coefficient (Wildman–Crippen LogP) is 3.10. The summed E-state index contributed by atoms with van der Waals surface area (Å²) in [5.41, 5.74) is 2.06. The van der Waals surface area contributed by atoms with Crippen LogP contribution in [-0.4, -0.2) is 18.0 Å². The molecule has 1 aromatic carbocycles. The monoisotopic (exact) mass is 260 g/mol. The summed E-state index contributed by atoms with van der Waals surface area (Å²) >= 11 is 0. The van der Waals surface area contributed by atoms with E-state index < -0.39 is 0 Å². The minimum Gasteiger partial charge on any atom is -0.325 e. The molecule has 2 N–H and O–H groups in total. The van der Waals surface area contributed by atoms with Gasteiger partial charge in [-0.3, -0.25) is 4.79 Å². The zero-order chi connectivity index (χ0) is 13.8. The lowest BCUT2D eigenvalue weighted by atomic mass is 10.1. The highest BCUT2D eigenvalue weighted by atomic mass is 16.2. The molecule has 104 valence electrons. The Labute approximate surface area is 115 Å². The normalized spacial score (nSPS) is 17.8. The molecule has 0 radical (unpaired) electrons. The van der Waals surface area contributed by atoms with Crippen LogP contribution in [0.25, 0.3) is 0 Å². The van der Waals surface area contributed by atoms with E-state index in [1.54, 1.807) is 0 Å². The maximum absolute atomic E-state index is 12.1. The first-order chi connectivity index (χ1) is 9.04. The van der Waals surface area contributed by atoms with Crippen molar-refractivity contribution in [2.24, 2.45) is 5.92 Å². The molecule has 1 fully saturated rings.